The van der Waals surface area contributed by atoms with E-state index in [0.29, 0.717) is 17.9 Å². The normalized spacial score (nSPS) is 46.5. The van der Waals surface area contributed by atoms with E-state index in [1.807, 2.05) is 31.2 Å². The number of hydrogen-bond acceptors (Lipinski definition) is 5. The van der Waals surface area contributed by atoms with Crippen LogP contribution in [0, 0.1) is 29.6 Å². The van der Waals surface area contributed by atoms with Crippen molar-refractivity contribution in [3.05, 3.63) is 47.5 Å². The van der Waals surface area contributed by atoms with Gasteiger partial charge in [0.1, 0.15) is 11.2 Å². The lowest BCUT2D eigenvalue weighted by Crippen LogP contribution is -2.73. The molecular formula is C27H34N2O4. The first-order valence-electron chi connectivity index (χ1n) is 12.4. The van der Waals surface area contributed by atoms with E-state index in [2.05, 4.69) is 36.5 Å². The van der Waals surface area contributed by atoms with E-state index in [4.69, 9.17) is 9.78 Å². The summed E-state index contributed by atoms with van der Waals surface area (Å²) < 4.78 is 0. The molecule has 6 heteroatoms. The molecule has 7 atom stereocenters. The van der Waals surface area contributed by atoms with Crippen molar-refractivity contribution >= 4 is 11.6 Å². The molecular weight excluding hydrogens is 416 g/mol. The fourth-order valence-electron chi connectivity index (χ4n) is 8.05. The Morgan fingerprint density at radius 2 is 1.97 bits per heavy atom. The van der Waals surface area contributed by atoms with Gasteiger partial charge in [0.15, 0.2) is 0 Å². The third-order valence-corrected chi connectivity index (χ3v) is 9.93. The van der Waals surface area contributed by atoms with Gasteiger partial charge in [-0.05, 0) is 63.7 Å². The van der Waals surface area contributed by atoms with Crippen molar-refractivity contribution in [2.75, 3.05) is 0 Å². The second-order valence-corrected chi connectivity index (χ2v) is 11.5. The van der Waals surface area contributed by atoms with Crippen LogP contribution in [0.1, 0.15) is 74.7 Å². The lowest BCUT2D eigenvalue weighted by atomic mass is 9.43. The predicted octanol–water partition coefficient (Wildman–Crippen LogP) is 4.47. The SMILES string of the molecule is Cc1cccc(C(=O)N/N=C2\CC[C@H]3[C@@]45C=C[C@]6(C[C@@H](O)CC[C@]6(C)[C@H]4CC[C@]23C)OO5)c1. The number of carbonyl (C=O) groups is 1. The molecule has 0 radical (unpaired) electrons. The topological polar surface area (TPSA) is 80.2 Å². The second-order valence-electron chi connectivity index (χ2n) is 11.5. The van der Waals surface area contributed by atoms with Crippen LogP contribution in [0.4, 0.5) is 0 Å². The molecule has 1 amide bonds. The number of carbonyl (C=O) groups excluding carboxylic acids is 1. The number of fused-ring (bicyclic) bond motifs is 2. The van der Waals surface area contributed by atoms with Crippen molar-refractivity contribution in [1.82, 2.24) is 5.43 Å². The van der Waals surface area contributed by atoms with Crippen molar-refractivity contribution in [3.63, 3.8) is 0 Å². The quantitative estimate of drug-likeness (QED) is 0.396. The molecule has 4 fully saturated rings. The largest absolute Gasteiger partial charge is 0.393 e. The Kier molecular flexibility index (Phi) is 4.56. The third-order valence-electron chi connectivity index (χ3n) is 9.93. The molecule has 1 saturated heterocycles. The van der Waals surface area contributed by atoms with Gasteiger partial charge in [0, 0.05) is 40.4 Å². The smallest absolute Gasteiger partial charge is 0.271 e. The van der Waals surface area contributed by atoms with E-state index in [-0.39, 0.29) is 28.8 Å². The average molecular weight is 451 g/mol. The van der Waals surface area contributed by atoms with Crippen LogP contribution < -0.4 is 5.43 Å². The molecule has 1 aromatic rings. The van der Waals surface area contributed by atoms with E-state index >= 15 is 0 Å². The summed E-state index contributed by atoms with van der Waals surface area (Å²) in [6.45, 7) is 6.61. The maximum absolute atomic E-state index is 12.7. The molecule has 2 N–H and O–H groups in total. The highest BCUT2D eigenvalue weighted by Gasteiger charge is 2.74. The monoisotopic (exact) mass is 450 g/mol. The number of nitrogens with zero attached hydrogens (tertiary/aromatic N) is 1. The fourth-order valence-corrected chi connectivity index (χ4v) is 8.05. The second kappa shape index (κ2) is 7.00. The van der Waals surface area contributed by atoms with Crippen LogP contribution in [0.15, 0.2) is 41.5 Å². The standard InChI is InChI=1S/C27H34N2O4/c1-17-5-4-6-18(15-17)23(31)29-28-22-8-7-20-24(22,2)11-10-21-25(3)12-9-19(30)16-26(25)13-14-27(20,21)33-32-26/h4-6,13-15,19-21,30H,7-12,16H2,1-3H3,(H,29,31)/b28-22+/t19-,20+,21+,24-,25+,26+,27-/m0/s1. The maximum Gasteiger partial charge on any atom is 0.271 e. The Labute approximate surface area is 195 Å². The third kappa shape index (κ3) is 2.77. The van der Waals surface area contributed by atoms with Gasteiger partial charge in [0.25, 0.3) is 5.91 Å². The predicted molar refractivity (Wildman–Crippen MR) is 124 cm³/mol. The summed E-state index contributed by atoms with van der Waals surface area (Å²) in [4.78, 5) is 25.2. The summed E-state index contributed by atoms with van der Waals surface area (Å²) in [7, 11) is 0. The molecule has 33 heavy (non-hydrogen) atoms. The summed E-state index contributed by atoms with van der Waals surface area (Å²) in [6, 6.07) is 7.58. The summed E-state index contributed by atoms with van der Waals surface area (Å²) in [5.74, 6) is 0.435. The lowest BCUT2D eigenvalue weighted by Gasteiger charge is -2.69. The van der Waals surface area contributed by atoms with Gasteiger partial charge in [-0.15, -0.1) is 0 Å². The summed E-state index contributed by atoms with van der Waals surface area (Å²) in [5.41, 5.74) is 4.39. The van der Waals surface area contributed by atoms with Gasteiger partial charge in [-0.3, -0.25) is 4.79 Å². The van der Waals surface area contributed by atoms with Crippen molar-refractivity contribution in [3.8, 4) is 0 Å². The van der Waals surface area contributed by atoms with Gasteiger partial charge in [-0.2, -0.15) is 5.10 Å². The molecule has 6 aliphatic rings. The number of aliphatic hydroxyl groups excluding tert-OH is 1. The molecule has 1 aromatic carbocycles. The summed E-state index contributed by atoms with van der Waals surface area (Å²) in [5, 5.41) is 15.1. The molecule has 0 aromatic heterocycles. The summed E-state index contributed by atoms with van der Waals surface area (Å²) in [6.07, 6.45) is 10.4. The Balaban J connectivity index is 1.30. The number of hydrazone groups is 1. The molecule has 4 aliphatic carbocycles. The number of aliphatic hydroxyl groups is 1. The Bertz CT molecular complexity index is 1070. The highest BCUT2D eigenvalue weighted by molar-refractivity contribution is 5.97. The lowest BCUT2D eigenvalue weighted by molar-refractivity contribution is -0.496. The highest BCUT2D eigenvalue weighted by atomic mass is 17.2. The van der Waals surface area contributed by atoms with Crippen molar-refractivity contribution < 1.29 is 19.7 Å². The zero-order valence-corrected chi connectivity index (χ0v) is 19.8. The molecule has 7 rings (SSSR count). The van der Waals surface area contributed by atoms with Gasteiger partial charge in [0.2, 0.25) is 0 Å². The van der Waals surface area contributed by atoms with Crippen LogP contribution in [0.3, 0.4) is 0 Å². The molecule has 2 bridgehead atoms. The Hall–Kier alpha value is -2.02. The van der Waals surface area contributed by atoms with Gasteiger partial charge in [0.05, 0.1) is 6.10 Å². The molecule has 2 heterocycles. The summed E-state index contributed by atoms with van der Waals surface area (Å²) >= 11 is 0. The van der Waals surface area contributed by atoms with Crippen LogP contribution in [-0.4, -0.2) is 34.0 Å². The Morgan fingerprint density at radius 3 is 2.73 bits per heavy atom. The number of hydrogen-bond donors (Lipinski definition) is 2. The Morgan fingerprint density at radius 1 is 1.12 bits per heavy atom. The van der Waals surface area contributed by atoms with Crippen LogP contribution in [-0.2, 0) is 9.78 Å². The van der Waals surface area contributed by atoms with E-state index in [9.17, 15) is 9.90 Å². The minimum Gasteiger partial charge on any atom is -0.393 e. The number of rotatable bonds is 2. The van der Waals surface area contributed by atoms with Crippen LogP contribution in [0.5, 0.6) is 0 Å². The first-order chi connectivity index (χ1) is 15.7. The average Bonchev–Trinajstić information content (AvgIpc) is 3.14. The van der Waals surface area contributed by atoms with Gasteiger partial charge in [-0.1, -0.05) is 37.6 Å². The minimum absolute atomic E-state index is 0.0418. The van der Waals surface area contributed by atoms with Gasteiger partial charge < -0.3 is 5.11 Å². The number of aryl methyl sites for hydroxylation is 1. The van der Waals surface area contributed by atoms with E-state index < -0.39 is 11.2 Å². The van der Waals surface area contributed by atoms with Gasteiger partial charge >= 0.3 is 0 Å². The van der Waals surface area contributed by atoms with Crippen LogP contribution in [0.25, 0.3) is 0 Å². The molecule has 2 aliphatic heterocycles. The first-order valence-corrected chi connectivity index (χ1v) is 12.4. The molecule has 0 unspecified atom stereocenters. The van der Waals surface area contributed by atoms with Crippen molar-refractivity contribution in [1.29, 1.82) is 0 Å². The molecule has 3 saturated carbocycles. The zero-order valence-electron chi connectivity index (χ0n) is 19.8. The highest BCUT2D eigenvalue weighted by Crippen LogP contribution is 2.70. The van der Waals surface area contributed by atoms with E-state index in [1.165, 1.54) is 0 Å². The zero-order chi connectivity index (χ0) is 23.1. The minimum atomic E-state index is -0.526. The maximum atomic E-state index is 12.7. The van der Waals surface area contributed by atoms with Crippen LogP contribution >= 0.6 is 0 Å². The molecule has 2 spiro atoms. The first kappa shape index (κ1) is 21.5. The fraction of sp³-hybridized carbons (Fsp3) is 0.630. The number of benzene rings is 1. The van der Waals surface area contributed by atoms with E-state index in [0.717, 1.165) is 49.8 Å². The molecule has 6 nitrogen and oxygen atoms in total. The number of nitrogens with one attached hydrogen (secondary N) is 1. The number of amides is 1. The van der Waals surface area contributed by atoms with Crippen molar-refractivity contribution in [2.45, 2.75) is 83.0 Å². The van der Waals surface area contributed by atoms with E-state index in [1.54, 1.807) is 0 Å². The van der Waals surface area contributed by atoms with Gasteiger partial charge in [-0.25, -0.2) is 15.2 Å². The van der Waals surface area contributed by atoms with Crippen molar-refractivity contribution in [2.24, 2.45) is 27.8 Å². The molecule has 176 valence electrons. The van der Waals surface area contributed by atoms with Crippen LogP contribution in [0.2, 0.25) is 0 Å².